The monoisotopic (exact) mass is 359 g/mol. The van der Waals surface area contributed by atoms with Gasteiger partial charge in [0.15, 0.2) is 0 Å². The summed E-state index contributed by atoms with van der Waals surface area (Å²) in [5, 5.41) is 12.0. The normalized spacial score (nSPS) is 12.9. The van der Waals surface area contributed by atoms with E-state index in [4.69, 9.17) is 4.74 Å². The van der Waals surface area contributed by atoms with Crippen molar-refractivity contribution < 1.29 is 19.4 Å². The van der Waals surface area contributed by atoms with Gasteiger partial charge in [0.25, 0.3) is 0 Å². The van der Waals surface area contributed by atoms with Crippen LogP contribution in [0, 0.1) is 6.92 Å². The minimum Gasteiger partial charge on any atom is -0.478 e. The van der Waals surface area contributed by atoms with Crippen LogP contribution in [0.5, 0.6) is 0 Å². The number of thiol groups is 1. The molecule has 0 saturated carbocycles. The average Bonchev–Trinajstić information content (AvgIpc) is 2.61. The third kappa shape index (κ3) is 5.53. The lowest BCUT2D eigenvalue weighted by Gasteiger charge is -2.20. The predicted octanol–water partition coefficient (Wildman–Crippen LogP) is 3.39. The molecule has 0 bridgehead atoms. The number of ether oxygens (including phenoxy) is 1. The van der Waals surface area contributed by atoms with Crippen molar-refractivity contribution in [3.05, 3.63) is 71.3 Å². The van der Waals surface area contributed by atoms with Crippen LogP contribution in [-0.2, 0) is 16.0 Å². The number of rotatable bonds is 7. The highest BCUT2D eigenvalue weighted by molar-refractivity contribution is 7.80. The molecule has 6 heteroatoms. The molecule has 0 aromatic heterocycles. The quantitative estimate of drug-likeness (QED) is 0.663. The third-order valence-electron chi connectivity index (χ3n) is 3.82. The first-order valence-corrected chi connectivity index (χ1v) is 8.54. The molecule has 0 aliphatic rings. The highest BCUT2D eigenvalue weighted by atomic mass is 32.1. The standard InChI is InChI=1S/C19H21NO4S/c1-13-7-5-6-10-15(13)11-16(12-25)20-19(23)24-17(18(21)22)14-8-3-2-4-9-14/h2-10,16-17,25H,11-12H2,1H3,(H,20,23)(H,21,22)/t16-,17?/m1/s1. The summed E-state index contributed by atoms with van der Waals surface area (Å²) in [5.41, 5.74) is 2.63. The predicted molar refractivity (Wildman–Crippen MR) is 99.0 cm³/mol. The summed E-state index contributed by atoms with van der Waals surface area (Å²) in [4.78, 5) is 23.6. The fourth-order valence-corrected chi connectivity index (χ4v) is 2.68. The van der Waals surface area contributed by atoms with Gasteiger partial charge < -0.3 is 15.2 Å². The average molecular weight is 359 g/mol. The molecule has 1 amide bonds. The van der Waals surface area contributed by atoms with E-state index in [-0.39, 0.29) is 6.04 Å². The molecular weight excluding hydrogens is 338 g/mol. The van der Waals surface area contributed by atoms with Crippen LogP contribution in [0.4, 0.5) is 4.79 Å². The number of aryl methyl sites for hydroxylation is 1. The molecule has 2 rings (SSSR count). The van der Waals surface area contributed by atoms with E-state index >= 15 is 0 Å². The Morgan fingerprint density at radius 2 is 1.76 bits per heavy atom. The molecule has 2 atom stereocenters. The zero-order chi connectivity index (χ0) is 18.2. The number of amides is 1. The summed E-state index contributed by atoms with van der Waals surface area (Å²) in [6.07, 6.45) is -1.53. The number of hydrogen-bond donors (Lipinski definition) is 3. The van der Waals surface area contributed by atoms with Crippen LogP contribution in [0.25, 0.3) is 0 Å². The van der Waals surface area contributed by atoms with Gasteiger partial charge in [-0.2, -0.15) is 12.6 Å². The number of hydrogen-bond acceptors (Lipinski definition) is 4. The SMILES string of the molecule is Cc1ccccc1C[C@H](CS)NC(=O)OC(C(=O)O)c1ccccc1. The number of nitrogens with one attached hydrogen (secondary N) is 1. The van der Waals surface area contributed by atoms with Crippen LogP contribution in [0.1, 0.15) is 22.8 Å². The molecule has 0 spiro atoms. The zero-order valence-electron chi connectivity index (χ0n) is 13.9. The summed E-state index contributed by atoms with van der Waals surface area (Å²) >= 11 is 4.27. The molecule has 2 aromatic carbocycles. The second kappa shape index (κ2) is 9.13. The number of alkyl carbamates (subject to hydrolysis) is 1. The topological polar surface area (TPSA) is 75.6 Å². The van der Waals surface area contributed by atoms with E-state index in [0.29, 0.717) is 17.7 Å². The van der Waals surface area contributed by atoms with Gasteiger partial charge in [-0.05, 0) is 24.5 Å². The van der Waals surface area contributed by atoms with E-state index < -0.39 is 18.2 Å². The number of carbonyl (C=O) groups excluding carboxylic acids is 1. The van der Waals surface area contributed by atoms with Crippen molar-refractivity contribution >= 4 is 24.7 Å². The fourth-order valence-electron chi connectivity index (χ4n) is 2.46. The number of aliphatic carboxylic acids is 1. The molecule has 25 heavy (non-hydrogen) atoms. The molecule has 0 fully saturated rings. The van der Waals surface area contributed by atoms with Crippen LogP contribution in [0.15, 0.2) is 54.6 Å². The molecule has 0 heterocycles. The molecule has 2 aromatic rings. The van der Waals surface area contributed by atoms with Crippen molar-refractivity contribution in [2.45, 2.75) is 25.5 Å². The van der Waals surface area contributed by atoms with Gasteiger partial charge in [-0.15, -0.1) is 0 Å². The molecular formula is C19H21NO4S. The Morgan fingerprint density at radius 3 is 2.36 bits per heavy atom. The molecule has 0 radical (unpaired) electrons. The van der Waals surface area contributed by atoms with Crippen molar-refractivity contribution in [1.82, 2.24) is 5.32 Å². The molecule has 0 aliphatic carbocycles. The van der Waals surface area contributed by atoms with E-state index in [1.165, 1.54) is 0 Å². The largest absolute Gasteiger partial charge is 0.478 e. The highest BCUT2D eigenvalue weighted by Gasteiger charge is 2.25. The van der Waals surface area contributed by atoms with Crippen LogP contribution < -0.4 is 5.32 Å². The van der Waals surface area contributed by atoms with Crippen molar-refractivity contribution in [1.29, 1.82) is 0 Å². The van der Waals surface area contributed by atoms with Gasteiger partial charge in [0.1, 0.15) is 0 Å². The lowest BCUT2D eigenvalue weighted by molar-refractivity contribution is -0.147. The maximum atomic E-state index is 12.1. The molecule has 1 unspecified atom stereocenters. The van der Waals surface area contributed by atoms with Crippen molar-refractivity contribution in [3.63, 3.8) is 0 Å². The minimum absolute atomic E-state index is 0.262. The molecule has 0 aliphatic heterocycles. The van der Waals surface area contributed by atoms with Crippen LogP contribution in [-0.4, -0.2) is 29.0 Å². The van der Waals surface area contributed by atoms with Gasteiger partial charge in [-0.3, -0.25) is 0 Å². The smallest absolute Gasteiger partial charge is 0.408 e. The Hall–Kier alpha value is -2.47. The Morgan fingerprint density at radius 1 is 1.12 bits per heavy atom. The number of carboxylic acid groups (broad SMARTS) is 1. The van der Waals surface area contributed by atoms with Crippen molar-refractivity contribution in [2.24, 2.45) is 0 Å². The Bertz CT molecular complexity index is 720. The van der Waals surface area contributed by atoms with E-state index in [2.05, 4.69) is 17.9 Å². The summed E-state index contributed by atoms with van der Waals surface area (Å²) in [6.45, 7) is 2.00. The first-order valence-electron chi connectivity index (χ1n) is 7.91. The number of carbonyl (C=O) groups is 2. The van der Waals surface area contributed by atoms with E-state index in [9.17, 15) is 14.7 Å². The summed E-state index contributed by atoms with van der Waals surface area (Å²) in [5.74, 6) is -0.811. The first-order chi connectivity index (χ1) is 12.0. The molecule has 5 nitrogen and oxygen atoms in total. The van der Waals surface area contributed by atoms with Crippen LogP contribution in [0.2, 0.25) is 0 Å². The van der Waals surface area contributed by atoms with Gasteiger partial charge >= 0.3 is 12.1 Å². The van der Waals surface area contributed by atoms with E-state index in [0.717, 1.165) is 11.1 Å². The molecule has 132 valence electrons. The maximum absolute atomic E-state index is 12.1. The number of benzene rings is 2. The van der Waals surface area contributed by atoms with E-state index in [1.54, 1.807) is 30.3 Å². The van der Waals surface area contributed by atoms with E-state index in [1.807, 2.05) is 31.2 Å². The second-order valence-corrected chi connectivity index (χ2v) is 6.05. The Kier molecular flexibility index (Phi) is 6.89. The van der Waals surface area contributed by atoms with Crippen LogP contribution >= 0.6 is 12.6 Å². The van der Waals surface area contributed by atoms with Gasteiger partial charge in [0.05, 0.1) is 0 Å². The summed E-state index contributed by atoms with van der Waals surface area (Å²) < 4.78 is 5.11. The minimum atomic E-state index is -1.35. The summed E-state index contributed by atoms with van der Waals surface area (Å²) in [6, 6.07) is 16.0. The third-order valence-corrected chi connectivity index (χ3v) is 4.26. The van der Waals surface area contributed by atoms with Crippen LogP contribution in [0.3, 0.4) is 0 Å². The summed E-state index contributed by atoms with van der Waals surface area (Å²) in [7, 11) is 0. The van der Waals surface area contributed by atoms with Crippen molar-refractivity contribution in [2.75, 3.05) is 5.75 Å². The van der Waals surface area contributed by atoms with Crippen molar-refractivity contribution in [3.8, 4) is 0 Å². The Labute approximate surface area is 152 Å². The maximum Gasteiger partial charge on any atom is 0.408 e. The Balaban J connectivity index is 2.01. The second-order valence-electron chi connectivity index (χ2n) is 5.69. The first kappa shape index (κ1) is 18.9. The van der Waals surface area contributed by atoms with Gasteiger partial charge in [0, 0.05) is 17.4 Å². The molecule has 0 saturated heterocycles. The van der Waals surface area contributed by atoms with Gasteiger partial charge in [0.2, 0.25) is 6.10 Å². The zero-order valence-corrected chi connectivity index (χ0v) is 14.8. The number of carboxylic acids is 1. The van der Waals surface area contributed by atoms with Gasteiger partial charge in [-0.25, -0.2) is 9.59 Å². The lowest BCUT2D eigenvalue weighted by Crippen LogP contribution is -2.39. The molecule has 2 N–H and O–H groups in total. The fraction of sp³-hybridized carbons (Fsp3) is 0.263. The van der Waals surface area contributed by atoms with Gasteiger partial charge in [-0.1, -0.05) is 54.6 Å². The lowest BCUT2D eigenvalue weighted by atomic mass is 10.0. The highest BCUT2D eigenvalue weighted by Crippen LogP contribution is 2.18.